The average Bonchev–Trinajstić information content (AvgIpc) is 2.21. The van der Waals surface area contributed by atoms with Crippen LogP contribution in [0.15, 0.2) is 11.1 Å². The molecule has 1 aliphatic heterocycles. The molecule has 2 heterocycles. The molecule has 0 aliphatic carbocycles. The topological polar surface area (TPSA) is 49.7 Å². The first-order valence-electron chi connectivity index (χ1n) is 2.69. The van der Waals surface area contributed by atoms with Crippen LogP contribution < -0.4 is 9.89 Å². The lowest BCUT2D eigenvalue weighted by Gasteiger charge is -1.73. The van der Waals surface area contributed by atoms with Gasteiger partial charge in [-0.25, -0.2) is 4.99 Å². The number of nitrogens with zero attached hydrogens (tertiary/aromatic N) is 1. The summed E-state index contributed by atoms with van der Waals surface area (Å²) in [5.41, 5.74) is 0. The Morgan fingerprint density at radius 3 is 3.10 bits per heavy atom. The third kappa shape index (κ3) is 0.657. The van der Waals surface area contributed by atoms with Gasteiger partial charge in [-0.05, 0) is 0 Å². The third-order valence-electron chi connectivity index (χ3n) is 1.21. The normalized spacial score (nSPS) is 14.2. The molecule has 0 unspecified atom stereocenters. The van der Waals surface area contributed by atoms with E-state index in [1.165, 1.54) is 23.5 Å². The maximum absolute atomic E-state index is 10.6. The summed E-state index contributed by atoms with van der Waals surface area (Å²) in [5.74, 6) is -0.235. The third-order valence-corrected chi connectivity index (χ3v) is 2.09. The molecule has 1 N–H and O–H groups in total. The average molecular weight is 153 g/mol. The Bertz CT molecular complexity index is 368. The number of hydrogen-bond donors (Lipinski definition) is 1. The van der Waals surface area contributed by atoms with Crippen molar-refractivity contribution >= 4 is 23.3 Å². The fourth-order valence-electron chi connectivity index (χ4n) is 0.836. The molecule has 50 valence electrons. The summed E-state index contributed by atoms with van der Waals surface area (Å²) in [4.78, 5) is 14.2. The Balaban J connectivity index is 2.90. The molecule has 1 amide bonds. The van der Waals surface area contributed by atoms with Crippen molar-refractivity contribution in [1.29, 1.82) is 0 Å². The number of fused-ring (bicyclic) bond motifs is 1. The Morgan fingerprint density at radius 1 is 1.60 bits per heavy atom. The standard InChI is InChI=1S/C6H3NO2S/c8-5-2-4-3(7-5)1-6(9)10-4/h1-2,9H. The first kappa shape index (κ1) is 5.61. The Kier molecular flexibility index (Phi) is 0.935. The molecule has 0 bridgehead atoms. The molecule has 0 aromatic carbocycles. The van der Waals surface area contributed by atoms with Crippen LogP contribution in [0.25, 0.3) is 6.08 Å². The minimum absolute atomic E-state index is 0.206. The summed E-state index contributed by atoms with van der Waals surface area (Å²) in [6, 6.07) is 1.49. The molecular formula is C6H3NO2S. The van der Waals surface area contributed by atoms with E-state index in [-0.39, 0.29) is 11.0 Å². The zero-order chi connectivity index (χ0) is 7.14. The van der Waals surface area contributed by atoms with E-state index in [1.54, 1.807) is 0 Å². The van der Waals surface area contributed by atoms with Gasteiger partial charge in [0, 0.05) is 12.1 Å². The molecule has 0 atom stereocenters. The largest absolute Gasteiger partial charge is 0.499 e. The second kappa shape index (κ2) is 1.67. The SMILES string of the molecule is O=C1C=c2sc(O)cc2=N1. The van der Waals surface area contributed by atoms with E-state index in [1.807, 2.05) is 0 Å². The first-order chi connectivity index (χ1) is 4.75. The van der Waals surface area contributed by atoms with Crippen molar-refractivity contribution in [3.05, 3.63) is 16.0 Å². The summed E-state index contributed by atoms with van der Waals surface area (Å²) in [5, 5.41) is 9.71. The van der Waals surface area contributed by atoms with Crippen LogP contribution in [0, 0.1) is 0 Å². The van der Waals surface area contributed by atoms with Crippen molar-refractivity contribution in [3.63, 3.8) is 0 Å². The number of carbonyl (C=O) groups is 1. The van der Waals surface area contributed by atoms with Gasteiger partial charge in [-0.15, -0.1) is 0 Å². The molecule has 0 spiro atoms. The molecule has 0 fully saturated rings. The van der Waals surface area contributed by atoms with Crippen molar-refractivity contribution in [1.82, 2.24) is 0 Å². The van der Waals surface area contributed by atoms with Gasteiger partial charge < -0.3 is 5.11 Å². The van der Waals surface area contributed by atoms with Crippen molar-refractivity contribution in [2.45, 2.75) is 0 Å². The highest BCUT2D eigenvalue weighted by molar-refractivity contribution is 7.11. The summed E-state index contributed by atoms with van der Waals surface area (Å²) >= 11 is 1.17. The lowest BCUT2D eigenvalue weighted by atomic mass is 10.5. The van der Waals surface area contributed by atoms with Gasteiger partial charge >= 0.3 is 0 Å². The predicted molar refractivity (Wildman–Crippen MR) is 36.2 cm³/mol. The van der Waals surface area contributed by atoms with Crippen LogP contribution >= 0.6 is 11.3 Å². The lowest BCUT2D eigenvalue weighted by molar-refractivity contribution is -0.112. The van der Waals surface area contributed by atoms with E-state index in [2.05, 4.69) is 4.99 Å². The maximum atomic E-state index is 10.6. The molecule has 3 nitrogen and oxygen atoms in total. The Labute approximate surface area is 60.0 Å². The molecule has 2 rings (SSSR count). The molecule has 4 heteroatoms. The predicted octanol–water partition coefficient (Wildman–Crippen LogP) is -0.606. The monoisotopic (exact) mass is 153 g/mol. The van der Waals surface area contributed by atoms with Gasteiger partial charge in [-0.2, -0.15) is 0 Å². The lowest BCUT2D eigenvalue weighted by Crippen LogP contribution is -2.12. The van der Waals surface area contributed by atoms with Gasteiger partial charge in [0.05, 0.1) is 9.89 Å². The molecule has 1 aromatic heterocycles. The van der Waals surface area contributed by atoms with E-state index in [0.717, 1.165) is 4.53 Å². The van der Waals surface area contributed by atoms with E-state index < -0.39 is 0 Å². The quantitative estimate of drug-likeness (QED) is 0.540. The van der Waals surface area contributed by atoms with Gasteiger partial charge in [0.15, 0.2) is 5.06 Å². The molecule has 0 saturated heterocycles. The number of carbonyl (C=O) groups excluding carboxylic acids is 1. The minimum Gasteiger partial charge on any atom is -0.499 e. The Hall–Kier alpha value is -1.16. The van der Waals surface area contributed by atoms with Crippen molar-refractivity contribution < 1.29 is 9.90 Å². The number of rotatable bonds is 0. The molecule has 1 aromatic rings. The number of thiophene rings is 1. The zero-order valence-corrected chi connectivity index (χ0v) is 5.68. The maximum Gasteiger partial charge on any atom is 0.271 e. The fourth-order valence-corrected chi connectivity index (χ4v) is 1.60. The molecule has 10 heavy (non-hydrogen) atoms. The zero-order valence-electron chi connectivity index (χ0n) is 4.87. The van der Waals surface area contributed by atoms with Crippen LogP contribution in [-0.4, -0.2) is 11.0 Å². The Morgan fingerprint density at radius 2 is 2.40 bits per heavy atom. The highest BCUT2D eigenvalue weighted by atomic mass is 32.1. The molecule has 0 radical (unpaired) electrons. The summed E-state index contributed by atoms with van der Waals surface area (Å²) in [6.07, 6.45) is 1.42. The van der Waals surface area contributed by atoms with Crippen LogP contribution in [0.3, 0.4) is 0 Å². The smallest absolute Gasteiger partial charge is 0.271 e. The van der Waals surface area contributed by atoms with Crippen LogP contribution in [0.4, 0.5) is 0 Å². The molecular weight excluding hydrogens is 150 g/mol. The van der Waals surface area contributed by atoms with E-state index in [4.69, 9.17) is 5.11 Å². The van der Waals surface area contributed by atoms with Gasteiger partial charge in [0.1, 0.15) is 0 Å². The van der Waals surface area contributed by atoms with Gasteiger partial charge in [0.25, 0.3) is 5.91 Å². The summed E-state index contributed by atoms with van der Waals surface area (Å²) in [6.45, 7) is 0. The molecule has 1 aliphatic rings. The highest BCUT2D eigenvalue weighted by Crippen LogP contribution is 2.08. The van der Waals surface area contributed by atoms with Crippen LogP contribution in [-0.2, 0) is 4.79 Å². The minimum atomic E-state index is -0.235. The van der Waals surface area contributed by atoms with Crippen LogP contribution in [0.1, 0.15) is 0 Å². The van der Waals surface area contributed by atoms with Crippen molar-refractivity contribution in [3.8, 4) is 5.06 Å². The van der Waals surface area contributed by atoms with Gasteiger partial charge in [-0.3, -0.25) is 4.79 Å². The highest BCUT2D eigenvalue weighted by Gasteiger charge is 2.05. The molecule has 0 saturated carbocycles. The van der Waals surface area contributed by atoms with E-state index in [9.17, 15) is 4.79 Å². The van der Waals surface area contributed by atoms with Crippen molar-refractivity contribution in [2.24, 2.45) is 4.99 Å². The van der Waals surface area contributed by atoms with Gasteiger partial charge in [0.2, 0.25) is 0 Å². The number of amides is 1. The van der Waals surface area contributed by atoms with Gasteiger partial charge in [-0.1, -0.05) is 11.3 Å². The summed E-state index contributed by atoms with van der Waals surface area (Å²) in [7, 11) is 0. The van der Waals surface area contributed by atoms with Crippen LogP contribution in [0.2, 0.25) is 0 Å². The first-order valence-corrected chi connectivity index (χ1v) is 3.50. The second-order valence-electron chi connectivity index (χ2n) is 1.93. The number of hydrogen-bond acceptors (Lipinski definition) is 3. The summed E-state index contributed by atoms with van der Waals surface area (Å²) < 4.78 is 0.752. The van der Waals surface area contributed by atoms with Crippen molar-refractivity contribution in [2.75, 3.05) is 0 Å². The van der Waals surface area contributed by atoms with E-state index in [0.29, 0.717) is 5.36 Å². The fraction of sp³-hybridized carbons (Fsp3) is 0. The van der Waals surface area contributed by atoms with E-state index >= 15 is 0 Å². The second-order valence-corrected chi connectivity index (χ2v) is 2.99. The van der Waals surface area contributed by atoms with Crippen LogP contribution in [0.5, 0.6) is 5.06 Å². The number of aromatic hydroxyl groups is 1.